The van der Waals surface area contributed by atoms with Crippen molar-refractivity contribution in [3.63, 3.8) is 0 Å². The molecule has 0 heterocycles. The van der Waals surface area contributed by atoms with Crippen LogP contribution in [0.25, 0.3) is 5.57 Å². The summed E-state index contributed by atoms with van der Waals surface area (Å²) in [5.41, 5.74) is 4.90. The second kappa shape index (κ2) is 6.86. The van der Waals surface area contributed by atoms with Crippen molar-refractivity contribution in [2.75, 3.05) is 14.2 Å². The van der Waals surface area contributed by atoms with Crippen LogP contribution in [-0.4, -0.2) is 26.2 Å². The summed E-state index contributed by atoms with van der Waals surface area (Å²) in [5.74, 6) is 0.0927. The maximum Gasteiger partial charge on any atom is 0.323 e. The maximum absolute atomic E-state index is 13.0. The van der Waals surface area contributed by atoms with E-state index in [0.29, 0.717) is 24.7 Å². The van der Waals surface area contributed by atoms with Gasteiger partial charge in [-0.1, -0.05) is 49.8 Å². The topological polar surface area (TPSA) is 52.6 Å². The van der Waals surface area contributed by atoms with E-state index in [0.717, 1.165) is 17.6 Å². The fourth-order valence-corrected chi connectivity index (χ4v) is 6.19. The van der Waals surface area contributed by atoms with Crippen LogP contribution in [0.2, 0.25) is 0 Å². The zero-order chi connectivity index (χ0) is 21.0. The molecular formula is C25H30O4. The van der Waals surface area contributed by atoms with Crippen molar-refractivity contribution < 1.29 is 19.1 Å². The smallest absolute Gasteiger partial charge is 0.323 e. The Morgan fingerprint density at radius 2 is 1.55 bits per heavy atom. The highest BCUT2D eigenvalue weighted by Crippen LogP contribution is 2.65. The summed E-state index contributed by atoms with van der Waals surface area (Å²) in [7, 11) is 2.70. The van der Waals surface area contributed by atoms with Crippen LogP contribution in [0, 0.1) is 22.7 Å². The Labute approximate surface area is 173 Å². The molecule has 0 bridgehead atoms. The van der Waals surface area contributed by atoms with Crippen LogP contribution in [0.15, 0.2) is 47.1 Å². The van der Waals surface area contributed by atoms with Gasteiger partial charge in [0.15, 0.2) is 5.41 Å². The molecule has 1 fully saturated rings. The van der Waals surface area contributed by atoms with Gasteiger partial charge in [0.1, 0.15) is 0 Å². The van der Waals surface area contributed by atoms with E-state index < -0.39 is 17.4 Å². The lowest BCUT2D eigenvalue weighted by atomic mass is 9.46. The third-order valence-corrected chi connectivity index (χ3v) is 7.38. The van der Waals surface area contributed by atoms with E-state index in [4.69, 9.17) is 9.47 Å². The normalized spacial score (nSPS) is 26.8. The quantitative estimate of drug-likeness (QED) is 0.538. The van der Waals surface area contributed by atoms with E-state index in [1.165, 1.54) is 37.4 Å². The fourth-order valence-electron chi connectivity index (χ4n) is 6.19. The first-order valence-electron chi connectivity index (χ1n) is 10.4. The number of hydrogen-bond donors (Lipinski definition) is 0. The zero-order valence-electron chi connectivity index (χ0n) is 18.0. The summed E-state index contributed by atoms with van der Waals surface area (Å²) in [4.78, 5) is 25.9. The molecule has 0 N–H and O–H groups in total. The van der Waals surface area contributed by atoms with E-state index >= 15 is 0 Å². The van der Waals surface area contributed by atoms with Crippen LogP contribution in [0.4, 0.5) is 0 Å². The Hall–Kier alpha value is -2.36. The molecule has 154 valence electrons. The molecule has 4 rings (SSSR count). The molecule has 1 aromatic carbocycles. The van der Waals surface area contributed by atoms with Crippen molar-refractivity contribution in [3.05, 3.63) is 52.6 Å². The Bertz CT molecular complexity index is 903. The van der Waals surface area contributed by atoms with Crippen molar-refractivity contribution in [1.29, 1.82) is 0 Å². The molecule has 0 spiro atoms. The second-order valence-electron chi connectivity index (χ2n) is 9.57. The van der Waals surface area contributed by atoms with Gasteiger partial charge in [-0.25, -0.2) is 0 Å². The minimum absolute atomic E-state index is 0.225. The Kier molecular flexibility index (Phi) is 4.71. The predicted octanol–water partition coefficient (Wildman–Crippen LogP) is 4.95. The van der Waals surface area contributed by atoms with Gasteiger partial charge in [-0.3, -0.25) is 9.59 Å². The van der Waals surface area contributed by atoms with Gasteiger partial charge in [0.2, 0.25) is 0 Å². The summed E-state index contributed by atoms with van der Waals surface area (Å²) in [6.45, 7) is 6.83. The standard InChI is InChI=1S/C25H30O4/c1-15-11-17-12-24(2,3)21(17)20-18(15)13-25(22(26)28-4,23(27)29-5)14-19(20)16-9-7-6-8-10-16/h6-10,17,21H,11-14H2,1-5H3. The molecule has 0 saturated heterocycles. The highest BCUT2D eigenvalue weighted by atomic mass is 16.5. The third-order valence-electron chi connectivity index (χ3n) is 7.38. The van der Waals surface area contributed by atoms with Crippen molar-refractivity contribution in [3.8, 4) is 0 Å². The molecule has 0 amide bonds. The van der Waals surface area contributed by atoms with E-state index in [-0.39, 0.29) is 5.41 Å². The van der Waals surface area contributed by atoms with Gasteiger partial charge in [0, 0.05) is 6.42 Å². The molecular weight excluding hydrogens is 364 g/mol. The van der Waals surface area contributed by atoms with Crippen molar-refractivity contribution >= 4 is 17.5 Å². The number of allylic oxidation sites excluding steroid dienone is 4. The summed E-state index contributed by atoms with van der Waals surface area (Å²) >= 11 is 0. The van der Waals surface area contributed by atoms with Gasteiger partial charge in [0.25, 0.3) is 0 Å². The Morgan fingerprint density at radius 1 is 0.966 bits per heavy atom. The van der Waals surface area contributed by atoms with Gasteiger partial charge in [-0.05, 0) is 65.7 Å². The molecule has 29 heavy (non-hydrogen) atoms. The Balaban J connectivity index is 1.98. The lowest BCUT2D eigenvalue weighted by Crippen LogP contribution is -2.51. The summed E-state index contributed by atoms with van der Waals surface area (Å²) in [5, 5.41) is 0. The molecule has 4 nitrogen and oxygen atoms in total. The number of benzene rings is 1. The molecule has 2 atom stereocenters. The van der Waals surface area contributed by atoms with Gasteiger partial charge < -0.3 is 9.47 Å². The molecule has 0 aromatic heterocycles. The van der Waals surface area contributed by atoms with E-state index in [1.807, 2.05) is 18.2 Å². The molecule has 1 aromatic rings. The lowest BCUT2D eigenvalue weighted by Gasteiger charge is -2.58. The van der Waals surface area contributed by atoms with Crippen LogP contribution in [0.5, 0.6) is 0 Å². The van der Waals surface area contributed by atoms with Crippen molar-refractivity contribution in [2.24, 2.45) is 22.7 Å². The average molecular weight is 395 g/mol. The minimum atomic E-state index is -1.32. The van der Waals surface area contributed by atoms with Gasteiger partial charge in [-0.2, -0.15) is 0 Å². The largest absolute Gasteiger partial charge is 0.468 e. The van der Waals surface area contributed by atoms with Crippen molar-refractivity contribution in [2.45, 2.75) is 46.5 Å². The van der Waals surface area contributed by atoms with Gasteiger partial charge in [0.05, 0.1) is 14.2 Å². The molecule has 0 aliphatic heterocycles. The number of methoxy groups -OCH3 is 2. The first kappa shape index (κ1) is 19.9. The fraction of sp³-hybridized carbons (Fsp3) is 0.520. The maximum atomic E-state index is 13.0. The monoisotopic (exact) mass is 394 g/mol. The van der Waals surface area contributed by atoms with Gasteiger partial charge >= 0.3 is 11.9 Å². The number of esters is 2. The SMILES string of the molecule is COC(=O)C1(C(=O)OC)CC2=C(C)CC3CC(C)(C)C3C2=C(c2ccccc2)C1. The minimum Gasteiger partial charge on any atom is -0.468 e. The Morgan fingerprint density at radius 3 is 2.10 bits per heavy atom. The number of ether oxygens (including phenoxy) is 2. The first-order valence-corrected chi connectivity index (χ1v) is 10.4. The van der Waals surface area contributed by atoms with Crippen LogP contribution in [0.1, 0.15) is 52.0 Å². The lowest BCUT2D eigenvalue weighted by molar-refractivity contribution is -0.169. The zero-order valence-corrected chi connectivity index (χ0v) is 18.0. The van der Waals surface area contributed by atoms with Crippen LogP contribution < -0.4 is 0 Å². The third kappa shape index (κ3) is 2.87. The van der Waals surface area contributed by atoms with Crippen LogP contribution in [0.3, 0.4) is 0 Å². The number of rotatable bonds is 3. The van der Waals surface area contributed by atoms with Crippen LogP contribution in [-0.2, 0) is 19.1 Å². The molecule has 3 aliphatic carbocycles. The van der Waals surface area contributed by atoms with Crippen molar-refractivity contribution in [1.82, 2.24) is 0 Å². The summed E-state index contributed by atoms with van der Waals surface area (Å²) < 4.78 is 10.3. The number of carbonyl (C=O) groups is 2. The highest BCUT2D eigenvalue weighted by molar-refractivity contribution is 6.03. The number of hydrogen-bond acceptors (Lipinski definition) is 4. The van der Waals surface area contributed by atoms with Crippen LogP contribution >= 0.6 is 0 Å². The number of carbonyl (C=O) groups excluding carboxylic acids is 2. The molecule has 4 heteroatoms. The average Bonchev–Trinajstić information content (AvgIpc) is 2.72. The van der Waals surface area contributed by atoms with E-state index in [1.54, 1.807) is 0 Å². The molecule has 0 radical (unpaired) electrons. The molecule has 1 saturated carbocycles. The van der Waals surface area contributed by atoms with Gasteiger partial charge in [-0.15, -0.1) is 0 Å². The predicted molar refractivity (Wildman–Crippen MR) is 112 cm³/mol. The van der Waals surface area contributed by atoms with E-state index in [2.05, 4.69) is 32.9 Å². The summed E-state index contributed by atoms with van der Waals surface area (Å²) in [6, 6.07) is 10.2. The first-order chi connectivity index (χ1) is 13.7. The molecule has 2 unspecified atom stereocenters. The number of fused-ring (bicyclic) bond motifs is 3. The molecule has 3 aliphatic rings. The highest BCUT2D eigenvalue weighted by Gasteiger charge is 2.58. The second-order valence-corrected chi connectivity index (χ2v) is 9.57. The van der Waals surface area contributed by atoms with E-state index in [9.17, 15) is 9.59 Å². The summed E-state index contributed by atoms with van der Waals surface area (Å²) in [6.07, 6.45) is 2.94.